The summed E-state index contributed by atoms with van der Waals surface area (Å²) in [5.74, 6) is 3.14. The number of rotatable bonds is 18. The minimum absolute atomic E-state index is 0.154. The Labute approximate surface area is 445 Å². The molecule has 0 amide bonds. The van der Waals surface area contributed by atoms with Gasteiger partial charge in [0.05, 0.1) is 36.0 Å². The lowest BCUT2D eigenvalue weighted by Gasteiger charge is -2.22. The highest BCUT2D eigenvalue weighted by molar-refractivity contribution is 7.80. The summed E-state index contributed by atoms with van der Waals surface area (Å²) in [4.78, 5) is 20.1. The fourth-order valence-corrected chi connectivity index (χ4v) is 9.49. The number of phenols is 2. The second-order valence-corrected chi connectivity index (χ2v) is 19.2. The first-order valence-electron chi connectivity index (χ1n) is 25.2. The standard InChI is InChI=1S/C64H60N4O4S2/c69-61-49-29-53-37-59(67-43-47-21-9-3-10-22-47)39-55(63(53)71-25-13-15-27-73)31-51-35-58(66-42-46-19-7-2-8-20-46)36-52(62(51)70)32-56-40-60(68-44-48-23-11-4-12-24-48)38-54(64(56)72-26-14-16-28-74)30-50(61)34-57(33-49)65-41-45-17-5-1-6-18-45/h1-12,17-24,33-44,69-70,73-74H,13-16,25-32H2/b65-41+,66-42+,67-43+,68-44+. The van der Waals surface area contributed by atoms with Gasteiger partial charge in [-0.25, -0.2) is 0 Å². The molecular formula is C64H60N4O4S2. The van der Waals surface area contributed by atoms with Crippen LogP contribution >= 0.6 is 25.3 Å². The van der Waals surface area contributed by atoms with Crippen molar-refractivity contribution in [3.63, 3.8) is 0 Å². The second kappa shape index (κ2) is 25.8. The van der Waals surface area contributed by atoms with Gasteiger partial charge in [0.2, 0.25) is 0 Å². The van der Waals surface area contributed by atoms with Crippen LogP contribution in [0.1, 0.15) is 92.4 Å². The van der Waals surface area contributed by atoms with Crippen molar-refractivity contribution in [2.75, 3.05) is 24.7 Å². The van der Waals surface area contributed by atoms with E-state index in [1.165, 1.54) is 0 Å². The molecule has 10 heteroatoms. The Morgan fingerprint density at radius 3 is 0.838 bits per heavy atom. The van der Waals surface area contributed by atoms with Crippen LogP contribution in [0.25, 0.3) is 0 Å². The van der Waals surface area contributed by atoms with E-state index < -0.39 is 0 Å². The Hall–Kier alpha value is -7.66. The molecule has 8 nitrogen and oxygen atoms in total. The lowest BCUT2D eigenvalue weighted by molar-refractivity contribution is 0.304. The summed E-state index contributed by atoms with van der Waals surface area (Å²) in [6.07, 6.45) is 11.9. The fraction of sp³-hybridized carbons (Fsp3) is 0.188. The van der Waals surface area contributed by atoms with Crippen molar-refractivity contribution in [1.29, 1.82) is 0 Å². The number of nitrogens with zero attached hydrogens (tertiary/aromatic N) is 4. The molecule has 1 aliphatic rings. The Kier molecular flexibility index (Phi) is 17.9. The average molecular weight is 1010 g/mol. The zero-order valence-corrected chi connectivity index (χ0v) is 43.1. The number of unbranched alkanes of at least 4 members (excludes halogenated alkanes) is 2. The summed E-state index contributed by atoms with van der Waals surface area (Å²) in [7, 11) is 0. The van der Waals surface area contributed by atoms with Crippen LogP contribution in [0.5, 0.6) is 23.0 Å². The van der Waals surface area contributed by atoms with Crippen LogP contribution in [0.4, 0.5) is 22.7 Å². The number of hydrogen-bond acceptors (Lipinski definition) is 10. The van der Waals surface area contributed by atoms with Crippen LogP contribution in [-0.4, -0.2) is 59.8 Å². The minimum atomic E-state index is 0.154. The first-order chi connectivity index (χ1) is 36.4. The van der Waals surface area contributed by atoms with E-state index in [4.69, 9.17) is 29.4 Å². The van der Waals surface area contributed by atoms with Crippen molar-refractivity contribution in [2.24, 2.45) is 20.0 Å². The summed E-state index contributed by atoms with van der Waals surface area (Å²) in [5, 5.41) is 25.4. The van der Waals surface area contributed by atoms with E-state index in [9.17, 15) is 10.2 Å². The summed E-state index contributed by atoms with van der Waals surface area (Å²) in [6, 6.07) is 56.0. The number of aliphatic imine (C=N–C) groups is 4. The van der Waals surface area contributed by atoms with Crippen molar-refractivity contribution in [3.8, 4) is 23.0 Å². The summed E-state index contributed by atoms with van der Waals surface area (Å²) >= 11 is 9.00. The topological polar surface area (TPSA) is 108 Å². The van der Waals surface area contributed by atoms with Gasteiger partial charge in [0.1, 0.15) is 23.0 Å². The van der Waals surface area contributed by atoms with Gasteiger partial charge < -0.3 is 19.7 Å². The van der Waals surface area contributed by atoms with Crippen LogP contribution in [0, 0.1) is 0 Å². The van der Waals surface area contributed by atoms with Gasteiger partial charge in [-0.3, -0.25) is 20.0 Å². The lowest BCUT2D eigenvalue weighted by Crippen LogP contribution is -2.08. The number of phenolic OH excluding ortho intramolecular Hbond substituents is 2. The van der Waals surface area contributed by atoms with Gasteiger partial charge in [-0.1, -0.05) is 121 Å². The number of thiol groups is 2. The molecule has 8 aromatic carbocycles. The monoisotopic (exact) mass is 1010 g/mol. The van der Waals surface area contributed by atoms with Gasteiger partial charge in [-0.2, -0.15) is 25.3 Å². The van der Waals surface area contributed by atoms with Crippen LogP contribution in [0.15, 0.2) is 190 Å². The zero-order valence-electron chi connectivity index (χ0n) is 41.4. The third-order valence-corrected chi connectivity index (χ3v) is 13.4. The zero-order chi connectivity index (χ0) is 50.9. The van der Waals surface area contributed by atoms with Crippen molar-refractivity contribution < 1.29 is 19.7 Å². The largest absolute Gasteiger partial charge is 0.507 e. The van der Waals surface area contributed by atoms with Gasteiger partial charge in [0.15, 0.2) is 0 Å². The molecule has 0 aliphatic heterocycles. The van der Waals surface area contributed by atoms with Crippen molar-refractivity contribution in [3.05, 3.63) is 237 Å². The highest BCUT2D eigenvalue weighted by atomic mass is 32.1. The molecule has 2 N–H and O–H groups in total. The maximum absolute atomic E-state index is 12.7. The minimum Gasteiger partial charge on any atom is -0.507 e. The molecule has 0 atom stereocenters. The van der Waals surface area contributed by atoms with Gasteiger partial charge in [-0.05, 0) is 108 Å². The number of benzene rings is 8. The predicted molar refractivity (Wildman–Crippen MR) is 312 cm³/mol. The maximum Gasteiger partial charge on any atom is 0.126 e. The highest BCUT2D eigenvalue weighted by Crippen LogP contribution is 2.43. The van der Waals surface area contributed by atoms with Gasteiger partial charge in [-0.15, -0.1) is 0 Å². The maximum atomic E-state index is 12.7. The molecule has 0 unspecified atom stereocenters. The molecule has 0 spiro atoms. The van der Waals surface area contributed by atoms with Crippen molar-refractivity contribution in [1.82, 2.24) is 0 Å². The molecule has 0 aromatic heterocycles. The van der Waals surface area contributed by atoms with E-state index in [1.54, 1.807) is 0 Å². The Bertz CT molecular complexity index is 2960. The predicted octanol–water partition coefficient (Wildman–Crippen LogP) is 15.0. The average Bonchev–Trinajstić information content (AvgIpc) is 3.43. The van der Waals surface area contributed by atoms with Crippen molar-refractivity contribution in [2.45, 2.75) is 51.4 Å². The molecule has 372 valence electrons. The molecular weight excluding hydrogens is 953 g/mol. The molecule has 0 heterocycles. The molecule has 0 saturated heterocycles. The molecule has 0 saturated carbocycles. The summed E-state index contributed by atoms with van der Waals surface area (Å²) in [6.45, 7) is 0.899. The van der Waals surface area contributed by atoms with Crippen LogP contribution in [-0.2, 0) is 25.7 Å². The summed E-state index contributed by atoms with van der Waals surface area (Å²) in [5.41, 5.74) is 12.6. The smallest absolute Gasteiger partial charge is 0.126 e. The van der Waals surface area contributed by atoms with Gasteiger partial charge in [0, 0.05) is 95.0 Å². The Morgan fingerprint density at radius 2 is 0.595 bits per heavy atom. The molecule has 1 aliphatic carbocycles. The Morgan fingerprint density at radius 1 is 0.351 bits per heavy atom. The third kappa shape index (κ3) is 13.9. The molecule has 9 rings (SSSR count). The van der Waals surface area contributed by atoms with Crippen LogP contribution in [0.2, 0.25) is 0 Å². The molecule has 8 aromatic rings. The number of ether oxygens (including phenoxy) is 2. The van der Waals surface area contributed by atoms with Crippen molar-refractivity contribution >= 4 is 72.9 Å². The number of hydrogen-bond donors (Lipinski definition) is 4. The fourth-order valence-electron chi connectivity index (χ4n) is 9.04. The van der Waals surface area contributed by atoms with Gasteiger partial charge >= 0.3 is 0 Å². The highest BCUT2D eigenvalue weighted by Gasteiger charge is 2.23. The van der Waals surface area contributed by atoms with E-state index in [0.717, 1.165) is 81.7 Å². The lowest BCUT2D eigenvalue weighted by atomic mass is 9.90. The van der Waals surface area contributed by atoms with E-state index in [1.807, 2.05) is 195 Å². The summed E-state index contributed by atoms with van der Waals surface area (Å²) < 4.78 is 13.7. The van der Waals surface area contributed by atoms with Crippen LogP contribution < -0.4 is 9.47 Å². The van der Waals surface area contributed by atoms with Gasteiger partial charge in [0.25, 0.3) is 0 Å². The van der Waals surface area contributed by atoms with Crippen LogP contribution in [0.3, 0.4) is 0 Å². The second-order valence-electron chi connectivity index (χ2n) is 18.4. The van der Waals surface area contributed by atoms with E-state index in [0.29, 0.717) is 69.7 Å². The van der Waals surface area contributed by atoms with E-state index in [2.05, 4.69) is 25.3 Å². The number of fused-ring (bicyclic) bond motifs is 8. The van der Waals surface area contributed by atoms with E-state index >= 15 is 0 Å². The molecule has 0 radical (unpaired) electrons. The molecule has 0 fully saturated rings. The SMILES string of the molecule is Oc1c2cc(/N=C/c3ccccc3)cc1Cc1cc(/N=C/c3ccccc3)cc(c1OCCCCS)Cc1cc(/N=C/c3ccccc3)cc(c1O)Cc1cc(/N=C/c3ccccc3)cc(c1OCCCCS)C2. The third-order valence-electron chi connectivity index (χ3n) is 12.7. The first-order valence-corrected chi connectivity index (χ1v) is 26.5. The van der Waals surface area contributed by atoms with E-state index in [-0.39, 0.29) is 37.2 Å². The quantitative estimate of drug-likeness (QED) is 0.0390. The number of aromatic hydroxyl groups is 2. The molecule has 74 heavy (non-hydrogen) atoms. The first kappa shape index (κ1) is 51.2. The Balaban J connectivity index is 1.29. The molecule has 8 bridgehead atoms. The normalized spacial score (nSPS) is 12.6.